The summed E-state index contributed by atoms with van der Waals surface area (Å²) in [7, 11) is 3.30. The fourth-order valence-corrected chi connectivity index (χ4v) is 2.58. The van der Waals surface area contributed by atoms with E-state index in [1.54, 1.807) is 19.1 Å². The smallest absolute Gasteiger partial charge is 0.267 e. The lowest BCUT2D eigenvalue weighted by molar-refractivity contribution is 0.0788. The molecule has 0 saturated heterocycles. The molecule has 0 aliphatic carbocycles. The molecule has 0 spiro atoms. The SMILES string of the molecule is COc1ccc(CN(C)C(=O)c2snnc2CCF)cc1. The molecule has 1 amide bonds. The van der Waals surface area contributed by atoms with Crippen LogP contribution in [0.15, 0.2) is 24.3 Å². The van der Waals surface area contributed by atoms with Crippen LogP contribution in [-0.2, 0) is 13.0 Å². The summed E-state index contributed by atoms with van der Waals surface area (Å²) in [6, 6.07) is 7.49. The minimum atomic E-state index is -0.548. The summed E-state index contributed by atoms with van der Waals surface area (Å²) in [5, 5.41) is 3.80. The quantitative estimate of drug-likeness (QED) is 0.822. The van der Waals surface area contributed by atoms with E-state index in [0.29, 0.717) is 17.1 Å². The Hall–Kier alpha value is -2.02. The van der Waals surface area contributed by atoms with Crippen molar-refractivity contribution in [1.29, 1.82) is 0 Å². The predicted octanol–water partition coefficient (Wildman–Crippen LogP) is 2.33. The molecule has 0 saturated carbocycles. The van der Waals surface area contributed by atoms with Crippen LogP contribution in [0.2, 0.25) is 0 Å². The van der Waals surface area contributed by atoms with Crippen LogP contribution in [0.25, 0.3) is 0 Å². The first-order valence-corrected chi connectivity index (χ1v) is 7.18. The van der Waals surface area contributed by atoms with Crippen LogP contribution in [0.3, 0.4) is 0 Å². The van der Waals surface area contributed by atoms with Gasteiger partial charge in [-0.25, -0.2) is 0 Å². The minimum absolute atomic E-state index is 0.119. The molecule has 112 valence electrons. The highest BCUT2D eigenvalue weighted by atomic mass is 32.1. The van der Waals surface area contributed by atoms with E-state index in [4.69, 9.17) is 4.74 Å². The molecular weight excluding hydrogens is 293 g/mol. The third-order valence-electron chi connectivity index (χ3n) is 3.01. The number of amides is 1. The summed E-state index contributed by atoms with van der Waals surface area (Å²) in [6.07, 6.45) is 0.119. The molecule has 5 nitrogen and oxygen atoms in total. The van der Waals surface area contributed by atoms with Gasteiger partial charge >= 0.3 is 0 Å². The van der Waals surface area contributed by atoms with Crippen molar-refractivity contribution in [2.45, 2.75) is 13.0 Å². The maximum absolute atomic E-state index is 12.4. The first-order chi connectivity index (χ1) is 10.2. The molecule has 2 aromatic rings. The van der Waals surface area contributed by atoms with Gasteiger partial charge in [-0.05, 0) is 29.2 Å². The Balaban J connectivity index is 2.06. The molecule has 0 atom stereocenters. The molecule has 0 fully saturated rings. The average molecular weight is 309 g/mol. The molecule has 0 bridgehead atoms. The Morgan fingerprint density at radius 2 is 2.10 bits per heavy atom. The molecule has 1 heterocycles. The number of hydrogen-bond acceptors (Lipinski definition) is 5. The van der Waals surface area contributed by atoms with Crippen molar-refractivity contribution in [3.63, 3.8) is 0 Å². The summed E-state index contributed by atoms with van der Waals surface area (Å²) in [4.78, 5) is 14.3. The number of alkyl halides is 1. The summed E-state index contributed by atoms with van der Waals surface area (Å²) in [6.45, 7) is -0.0936. The maximum Gasteiger partial charge on any atom is 0.267 e. The largest absolute Gasteiger partial charge is 0.497 e. The van der Waals surface area contributed by atoms with Crippen LogP contribution >= 0.6 is 11.5 Å². The zero-order valence-corrected chi connectivity index (χ0v) is 12.7. The lowest BCUT2D eigenvalue weighted by Gasteiger charge is -2.16. The maximum atomic E-state index is 12.4. The minimum Gasteiger partial charge on any atom is -0.497 e. The van der Waals surface area contributed by atoms with E-state index in [2.05, 4.69) is 9.59 Å². The number of benzene rings is 1. The molecule has 0 radical (unpaired) electrons. The normalized spacial score (nSPS) is 10.4. The number of halogens is 1. The van der Waals surface area contributed by atoms with Crippen LogP contribution in [0, 0.1) is 0 Å². The van der Waals surface area contributed by atoms with E-state index < -0.39 is 6.67 Å². The Bertz CT molecular complexity index is 601. The van der Waals surface area contributed by atoms with Crippen molar-refractivity contribution >= 4 is 17.4 Å². The Labute approximate surface area is 126 Å². The molecule has 21 heavy (non-hydrogen) atoms. The molecule has 1 aromatic heterocycles. The highest BCUT2D eigenvalue weighted by molar-refractivity contribution is 7.07. The van der Waals surface area contributed by atoms with Crippen molar-refractivity contribution in [3.05, 3.63) is 40.4 Å². The van der Waals surface area contributed by atoms with Crippen molar-refractivity contribution in [2.75, 3.05) is 20.8 Å². The third-order valence-corrected chi connectivity index (χ3v) is 3.76. The van der Waals surface area contributed by atoms with E-state index >= 15 is 0 Å². The lowest BCUT2D eigenvalue weighted by Crippen LogP contribution is -2.26. The van der Waals surface area contributed by atoms with E-state index in [0.717, 1.165) is 22.8 Å². The Morgan fingerprint density at radius 1 is 1.38 bits per heavy atom. The van der Waals surface area contributed by atoms with Gasteiger partial charge in [0.1, 0.15) is 10.6 Å². The standard InChI is InChI=1S/C14H16FN3O2S/c1-18(9-10-3-5-11(20-2)6-4-10)14(19)13-12(7-8-15)16-17-21-13/h3-6H,7-9H2,1-2H3. The highest BCUT2D eigenvalue weighted by Gasteiger charge is 2.19. The zero-order chi connectivity index (χ0) is 15.2. The second-order valence-corrected chi connectivity index (χ2v) is 5.25. The molecular formula is C14H16FN3O2S. The fraction of sp³-hybridized carbons (Fsp3) is 0.357. The van der Waals surface area contributed by atoms with Gasteiger partial charge in [0.25, 0.3) is 5.91 Å². The number of carbonyl (C=O) groups is 1. The van der Waals surface area contributed by atoms with Gasteiger partial charge < -0.3 is 9.64 Å². The summed E-state index contributed by atoms with van der Waals surface area (Å²) < 4.78 is 21.2. The molecule has 2 rings (SSSR count). The van der Waals surface area contributed by atoms with E-state index in [-0.39, 0.29) is 12.3 Å². The van der Waals surface area contributed by atoms with E-state index in [9.17, 15) is 9.18 Å². The number of ether oxygens (including phenoxy) is 1. The third kappa shape index (κ3) is 3.75. The van der Waals surface area contributed by atoms with Crippen molar-refractivity contribution < 1.29 is 13.9 Å². The number of rotatable bonds is 6. The van der Waals surface area contributed by atoms with Crippen molar-refractivity contribution in [1.82, 2.24) is 14.5 Å². The van der Waals surface area contributed by atoms with Crippen LogP contribution < -0.4 is 4.74 Å². The van der Waals surface area contributed by atoms with Gasteiger partial charge in [0, 0.05) is 20.0 Å². The average Bonchev–Trinajstić information content (AvgIpc) is 2.96. The number of carbonyl (C=O) groups excluding carboxylic acids is 1. The fourth-order valence-electron chi connectivity index (χ4n) is 1.87. The monoisotopic (exact) mass is 309 g/mol. The lowest BCUT2D eigenvalue weighted by atomic mass is 10.2. The van der Waals surface area contributed by atoms with Gasteiger partial charge in [0.15, 0.2) is 0 Å². The van der Waals surface area contributed by atoms with E-state index in [1.165, 1.54) is 0 Å². The number of aromatic nitrogens is 2. The van der Waals surface area contributed by atoms with Gasteiger partial charge in [-0.2, -0.15) is 0 Å². The van der Waals surface area contributed by atoms with Crippen LogP contribution in [-0.4, -0.2) is 41.2 Å². The zero-order valence-electron chi connectivity index (χ0n) is 11.9. The molecule has 0 aliphatic heterocycles. The van der Waals surface area contributed by atoms with Crippen LogP contribution in [0.4, 0.5) is 4.39 Å². The van der Waals surface area contributed by atoms with Crippen LogP contribution in [0.5, 0.6) is 5.75 Å². The van der Waals surface area contributed by atoms with Crippen molar-refractivity contribution in [3.8, 4) is 5.75 Å². The molecule has 1 aromatic carbocycles. The first kappa shape index (κ1) is 15.4. The van der Waals surface area contributed by atoms with Crippen LogP contribution in [0.1, 0.15) is 20.9 Å². The Kier molecular flexibility index (Phi) is 5.21. The van der Waals surface area contributed by atoms with Gasteiger partial charge in [0.2, 0.25) is 0 Å². The molecule has 0 unspecified atom stereocenters. The summed E-state index contributed by atoms with van der Waals surface area (Å²) in [5.41, 5.74) is 1.41. The second-order valence-electron chi connectivity index (χ2n) is 4.50. The second kappa shape index (κ2) is 7.12. The Morgan fingerprint density at radius 3 is 2.71 bits per heavy atom. The highest BCUT2D eigenvalue weighted by Crippen LogP contribution is 2.17. The predicted molar refractivity (Wildman–Crippen MR) is 78.4 cm³/mol. The molecule has 7 heteroatoms. The number of hydrogen-bond donors (Lipinski definition) is 0. The van der Waals surface area contributed by atoms with Gasteiger partial charge in [-0.3, -0.25) is 9.18 Å². The number of aryl methyl sites for hydroxylation is 1. The molecule has 0 N–H and O–H groups in total. The summed E-state index contributed by atoms with van der Waals surface area (Å²) in [5.74, 6) is 0.578. The topological polar surface area (TPSA) is 55.3 Å². The number of methoxy groups -OCH3 is 1. The van der Waals surface area contributed by atoms with E-state index in [1.807, 2.05) is 24.3 Å². The van der Waals surface area contributed by atoms with Crippen molar-refractivity contribution in [2.24, 2.45) is 0 Å². The number of nitrogens with zero attached hydrogens (tertiary/aromatic N) is 3. The van der Waals surface area contributed by atoms with Gasteiger partial charge in [-0.15, -0.1) is 5.10 Å². The first-order valence-electron chi connectivity index (χ1n) is 6.41. The molecule has 0 aliphatic rings. The summed E-state index contributed by atoms with van der Waals surface area (Å²) >= 11 is 1.00. The van der Waals surface area contributed by atoms with Gasteiger partial charge in [0.05, 0.1) is 19.5 Å². The van der Waals surface area contributed by atoms with Gasteiger partial charge in [-0.1, -0.05) is 16.6 Å².